The number of rotatable bonds is 5. The lowest BCUT2D eigenvalue weighted by atomic mass is 9.91. The van der Waals surface area contributed by atoms with E-state index in [1.807, 2.05) is 0 Å². The van der Waals surface area contributed by atoms with Gasteiger partial charge < -0.3 is 14.6 Å². The smallest absolute Gasteiger partial charge is 0.256 e. The second kappa shape index (κ2) is 7.45. The van der Waals surface area contributed by atoms with E-state index < -0.39 is 0 Å². The van der Waals surface area contributed by atoms with Crippen LogP contribution in [0.2, 0.25) is 0 Å². The third kappa shape index (κ3) is 3.44. The van der Waals surface area contributed by atoms with Crippen LogP contribution in [0.15, 0.2) is 22.9 Å². The van der Waals surface area contributed by atoms with Crippen molar-refractivity contribution in [1.82, 2.24) is 20.4 Å². The molecule has 0 radical (unpaired) electrons. The van der Waals surface area contributed by atoms with E-state index in [0.29, 0.717) is 11.4 Å². The SMILES string of the molecule is COc1ncccc1C(=O)NC1CCc2onc(CN3CCCC3)c2C1. The zero-order chi connectivity index (χ0) is 17.9. The number of aromatic nitrogens is 2. The van der Waals surface area contributed by atoms with Crippen molar-refractivity contribution in [3.05, 3.63) is 40.9 Å². The minimum Gasteiger partial charge on any atom is -0.480 e. The van der Waals surface area contributed by atoms with Crippen LogP contribution in [-0.4, -0.2) is 47.2 Å². The molecule has 0 saturated carbocycles. The molecule has 0 spiro atoms. The van der Waals surface area contributed by atoms with Gasteiger partial charge in [-0.15, -0.1) is 0 Å². The molecule has 4 rings (SSSR count). The van der Waals surface area contributed by atoms with Gasteiger partial charge in [-0.3, -0.25) is 9.69 Å². The van der Waals surface area contributed by atoms with Gasteiger partial charge in [-0.2, -0.15) is 0 Å². The molecule has 1 N–H and O–H groups in total. The second-order valence-electron chi connectivity index (χ2n) is 6.99. The molecule has 0 aromatic carbocycles. The van der Waals surface area contributed by atoms with E-state index in [-0.39, 0.29) is 11.9 Å². The van der Waals surface area contributed by atoms with E-state index in [1.54, 1.807) is 18.3 Å². The van der Waals surface area contributed by atoms with Crippen molar-refractivity contribution in [2.45, 2.75) is 44.7 Å². The summed E-state index contributed by atoms with van der Waals surface area (Å²) < 4.78 is 10.7. The van der Waals surface area contributed by atoms with Crippen LogP contribution in [0.5, 0.6) is 5.88 Å². The van der Waals surface area contributed by atoms with Gasteiger partial charge in [0.1, 0.15) is 17.0 Å². The molecule has 2 aliphatic rings. The Morgan fingerprint density at radius 3 is 3.08 bits per heavy atom. The summed E-state index contributed by atoms with van der Waals surface area (Å²) in [5, 5.41) is 7.42. The quantitative estimate of drug-likeness (QED) is 0.882. The van der Waals surface area contributed by atoms with E-state index in [0.717, 1.165) is 50.4 Å². The fraction of sp³-hybridized carbons (Fsp3) is 0.526. The highest BCUT2D eigenvalue weighted by atomic mass is 16.5. The maximum absolute atomic E-state index is 12.6. The van der Waals surface area contributed by atoms with Gasteiger partial charge in [-0.25, -0.2) is 4.98 Å². The summed E-state index contributed by atoms with van der Waals surface area (Å²) in [5.74, 6) is 1.17. The highest BCUT2D eigenvalue weighted by Gasteiger charge is 2.28. The van der Waals surface area contributed by atoms with Gasteiger partial charge in [0.2, 0.25) is 5.88 Å². The fourth-order valence-corrected chi connectivity index (χ4v) is 3.85. The molecule has 1 saturated heterocycles. The molecule has 2 aromatic rings. The van der Waals surface area contributed by atoms with Crippen LogP contribution in [0.1, 0.15) is 46.6 Å². The molecule has 1 aliphatic heterocycles. The maximum atomic E-state index is 12.6. The lowest BCUT2D eigenvalue weighted by molar-refractivity contribution is 0.0929. The Kier molecular flexibility index (Phi) is 4.88. The first kappa shape index (κ1) is 17.0. The van der Waals surface area contributed by atoms with Gasteiger partial charge >= 0.3 is 0 Å². The molecular weight excluding hydrogens is 332 g/mol. The van der Waals surface area contributed by atoms with E-state index >= 15 is 0 Å². The van der Waals surface area contributed by atoms with Gasteiger partial charge in [0.25, 0.3) is 5.91 Å². The average Bonchev–Trinajstić information content (AvgIpc) is 3.32. The van der Waals surface area contributed by atoms with Crippen molar-refractivity contribution in [2.75, 3.05) is 20.2 Å². The Morgan fingerprint density at radius 1 is 1.42 bits per heavy atom. The number of nitrogens with zero attached hydrogens (tertiary/aromatic N) is 3. The molecule has 1 unspecified atom stereocenters. The molecule has 7 nitrogen and oxygen atoms in total. The number of likely N-dealkylation sites (tertiary alicyclic amines) is 1. The molecule has 3 heterocycles. The summed E-state index contributed by atoms with van der Waals surface area (Å²) in [6.07, 6.45) is 6.54. The Morgan fingerprint density at radius 2 is 2.27 bits per heavy atom. The number of hydrogen-bond acceptors (Lipinski definition) is 6. The predicted octanol–water partition coefficient (Wildman–Crippen LogP) is 1.96. The molecule has 1 fully saturated rings. The summed E-state index contributed by atoms with van der Waals surface area (Å²) in [6.45, 7) is 3.10. The van der Waals surface area contributed by atoms with Crippen LogP contribution in [0.3, 0.4) is 0 Å². The Balaban J connectivity index is 1.44. The number of ether oxygens (including phenoxy) is 1. The van der Waals surface area contributed by atoms with Crippen LogP contribution in [0, 0.1) is 0 Å². The van der Waals surface area contributed by atoms with Crippen LogP contribution >= 0.6 is 0 Å². The van der Waals surface area contributed by atoms with E-state index in [4.69, 9.17) is 9.26 Å². The number of fused-ring (bicyclic) bond motifs is 1. The van der Waals surface area contributed by atoms with E-state index in [1.165, 1.54) is 25.5 Å². The number of hydrogen-bond donors (Lipinski definition) is 1. The summed E-state index contributed by atoms with van der Waals surface area (Å²) in [4.78, 5) is 19.1. The molecule has 1 amide bonds. The predicted molar refractivity (Wildman–Crippen MR) is 95.1 cm³/mol. The normalized spacial score (nSPS) is 20.0. The Bertz CT molecular complexity index is 783. The van der Waals surface area contributed by atoms with Crippen molar-refractivity contribution < 1.29 is 14.1 Å². The van der Waals surface area contributed by atoms with Gasteiger partial charge in [-0.05, 0) is 50.9 Å². The number of carbonyl (C=O) groups is 1. The molecule has 0 bridgehead atoms. The zero-order valence-electron chi connectivity index (χ0n) is 15.0. The number of amides is 1. The number of carbonyl (C=O) groups excluding carboxylic acids is 1. The molecule has 138 valence electrons. The van der Waals surface area contributed by atoms with Gasteiger partial charge in [-0.1, -0.05) is 5.16 Å². The highest BCUT2D eigenvalue weighted by Crippen LogP contribution is 2.27. The number of aryl methyl sites for hydroxylation is 1. The summed E-state index contributed by atoms with van der Waals surface area (Å²) in [6, 6.07) is 3.54. The monoisotopic (exact) mass is 356 g/mol. The fourth-order valence-electron chi connectivity index (χ4n) is 3.85. The summed E-state index contributed by atoms with van der Waals surface area (Å²) >= 11 is 0. The van der Waals surface area contributed by atoms with Crippen LogP contribution < -0.4 is 10.1 Å². The second-order valence-corrected chi connectivity index (χ2v) is 6.99. The van der Waals surface area contributed by atoms with Crippen molar-refractivity contribution in [3.63, 3.8) is 0 Å². The molecule has 2 aromatic heterocycles. The Labute approximate surface area is 152 Å². The highest BCUT2D eigenvalue weighted by molar-refractivity contribution is 5.96. The summed E-state index contributed by atoms with van der Waals surface area (Å²) in [7, 11) is 1.52. The maximum Gasteiger partial charge on any atom is 0.256 e. The lowest BCUT2D eigenvalue weighted by Gasteiger charge is -2.23. The average molecular weight is 356 g/mol. The van der Waals surface area contributed by atoms with E-state index in [9.17, 15) is 4.79 Å². The van der Waals surface area contributed by atoms with Crippen LogP contribution in [-0.2, 0) is 19.4 Å². The van der Waals surface area contributed by atoms with Crippen molar-refractivity contribution >= 4 is 5.91 Å². The number of nitrogens with one attached hydrogen (secondary N) is 1. The lowest BCUT2D eigenvalue weighted by Crippen LogP contribution is -2.39. The van der Waals surface area contributed by atoms with Crippen LogP contribution in [0.4, 0.5) is 0 Å². The first-order chi connectivity index (χ1) is 12.7. The third-order valence-electron chi connectivity index (χ3n) is 5.24. The molecule has 26 heavy (non-hydrogen) atoms. The van der Waals surface area contributed by atoms with E-state index in [2.05, 4.69) is 20.4 Å². The van der Waals surface area contributed by atoms with Crippen molar-refractivity contribution in [2.24, 2.45) is 0 Å². The van der Waals surface area contributed by atoms with Gasteiger partial charge in [0, 0.05) is 30.8 Å². The zero-order valence-corrected chi connectivity index (χ0v) is 15.0. The third-order valence-corrected chi connectivity index (χ3v) is 5.24. The van der Waals surface area contributed by atoms with Crippen molar-refractivity contribution in [3.8, 4) is 5.88 Å². The van der Waals surface area contributed by atoms with Crippen LogP contribution in [0.25, 0.3) is 0 Å². The van der Waals surface area contributed by atoms with Gasteiger partial charge in [0.05, 0.1) is 7.11 Å². The number of pyridine rings is 1. The molecule has 1 aliphatic carbocycles. The largest absolute Gasteiger partial charge is 0.480 e. The molecule has 1 atom stereocenters. The van der Waals surface area contributed by atoms with Crippen molar-refractivity contribution in [1.29, 1.82) is 0 Å². The first-order valence-electron chi connectivity index (χ1n) is 9.23. The molecule has 7 heteroatoms. The molecular formula is C19H24N4O3. The Hall–Kier alpha value is -2.41. The number of methoxy groups -OCH3 is 1. The standard InChI is InChI=1S/C19H24N4O3/c1-25-19-14(5-4-8-20-19)18(24)21-13-6-7-17-15(11-13)16(22-26-17)12-23-9-2-3-10-23/h4-5,8,13H,2-3,6-7,9-12H2,1H3,(H,21,24). The topological polar surface area (TPSA) is 80.5 Å². The van der Waals surface area contributed by atoms with Gasteiger partial charge in [0.15, 0.2) is 0 Å². The minimum atomic E-state index is -0.152. The first-order valence-corrected chi connectivity index (χ1v) is 9.23. The summed E-state index contributed by atoms with van der Waals surface area (Å²) in [5.41, 5.74) is 2.66. The minimum absolute atomic E-state index is 0.0663.